The molecule has 9 heteroatoms. The molecule has 1 fully saturated rings. The van der Waals surface area contributed by atoms with E-state index in [9.17, 15) is 30.4 Å². The van der Waals surface area contributed by atoms with E-state index >= 15 is 0 Å². The molecule has 128 valence electrons. The number of hydrogen-bond acceptors (Lipinski definition) is 0. The summed E-state index contributed by atoms with van der Waals surface area (Å²) in [6.45, 7) is 1.92. The molecule has 1 atom stereocenters. The lowest BCUT2D eigenvalue weighted by Crippen LogP contribution is -2.10. The fraction of sp³-hybridized carbons (Fsp3) is 0.429. The van der Waals surface area contributed by atoms with Gasteiger partial charge >= 0.3 is 12.8 Å². The zero-order valence-electron chi connectivity index (χ0n) is 12.1. The van der Waals surface area contributed by atoms with E-state index in [0.717, 1.165) is 30.2 Å². The zero-order chi connectivity index (χ0) is 17.4. The highest BCUT2D eigenvalue weighted by Gasteiger charge is 2.50. The smallest absolute Gasteiger partial charge is 0.418 e. The van der Waals surface area contributed by atoms with Crippen LogP contribution in [0.3, 0.4) is 0 Å². The van der Waals surface area contributed by atoms with Gasteiger partial charge in [0.1, 0.15) is 0 Å². The highest BCUT2D eigenvalue weighted by molar-refractivity contribution is 7.38. The Morgan fingerprint density at radius 1 is 1.04 bits per heavy atom. The standard InChI is InChI=1S/C14H14F3S.BF4/c1-9-5-6-12-11(7-9)8-13(10-3-2-4-10)18(12)14(15,16)17;2-1(3,4)5/h5-8,10H,2-4H2,1H3;/q+1;-1. The molecule has 3 rings (SSSR count). The van der Waals surface area contributed by atoms with E-state index in [1.807, 2.05) is 13.0 Å². The van der Waals surface area contributed by atoms with Crippen LogP contribution >= 0.6 is 10.5 Å². The number of halogens is 7. The van der Waals surface area contributed by atoms with Crippen molar-refractivity contribution in [1.29, 1.82) is 0 Å². The number of aryl methyl sites for hydroxylation is 1. The fourth-order valence-electron chi connectivity index (χ4n) is 2.54. The Morgan fingerprint density at radius 2 is 1.61 bits per heavy atom. The Hall–Kier alpha value is -1.25. The van der Waals surface area contributed by atoms with Gasteiger partial charge in [-0.3, -0.25) is 0 Å². The molecular formula is C14H14BF7S. The molecule has 0 saturated heterocycles. The monoisotopic (exact) mass is 358 g/mol. The first kappa shape index (κ1) is 18.1. The van der Waals surface area contributed by atoms with Gasteiger partial charge in [-0.15, -0.1) is 13.2 Å². The summed E-state index contributed by atoms with van der Waals surface area (Å²) < 4.78 is 79.3. The lowest BCUT2D eigenvalue weighted by molar-refractivity contribution is -0.0868. The topological polar surface area (TPSA) is 0 Å². The van der Waals surface area contributed by atoms with Crippen LogP contribution in [0.25, 0.3) is 10.1 Å². The number of alkyl halides is 3. The molecule has 0 bridgehead atoms. The highest BCUT2D eigenvalue weighted by atomic mass is 32.2. The molecule has 0 radical (unpaired) electrons. The van der Waals surface area contributed by atoms with Crippen LogP contribution in [-0.2, 0) is 5.51 Å². The number of benzene rings is 1. The van der Waals surface area contributed by atoms with Crippen molar-refractivity contribution in [2.45, 2.75) is 37.6 Å². The summed E-state index contributed by atoms with van der Waals surface area (Å²) in [6, 6.07) is 7.10. The Bertz CT molecular complexity index is 677. The third kappa shape index (κ3) is 4.62. The van der Waals surface area contributed by atoms with E-state index in [4.69, 9.17) is 0 Å². The molecular weight excluding hydrogens is 344 g/mol. The molecule has 23 heavy (non-hydrogen) atoms. The molecule has 1 aliphatic rings. The minimum Gasteiger partial charge on any atom is -0.418 e. The van der Waals surface area contributed by atoms with Gasteiger partial charge in [0.25, 0.3) is 0 Å². The van der Waals surface area contributed by atoms with Crippen molar-refractivity contribution >= 4 is 27.8 Å². The van der Waals surface area contributed by atoms with Crippen molar-refractivity contribution in [1.82, 2.24) is 0 Å². The molecule has 0 amide bonds. The van der Waals surface area contributed by atoms with Crippen LogP contribution in [0.1, 0.15) is 35.6 Å². The first-order chi connectivity index (χ1) is 10.5. The molecule has 2 aromatic rings. The second-order valence-electron chi connectivity index (χ2n) is 5.46. The molecule has 1 saturated carbocycles. The summed E-state index contributed by atoms with van der Waals surface area (Å²) in [5, 5.41) is 0.776. The van der Waals surface area contributed by atoms with Crippen LogP contribution in [0.4, 0.5) is 30.4 Å². The Balaban J connectivity index is 0.000000338. The van der Waals surface area contributed by atoms with E-state index in [-0.39, 0.29) is 5.92 Å². The van der Waals surface area contributed by atoms with Crippen molar-refractivity contribution in [3.05, 3.63) is 34.7 Å². The second-order valence-corrected chi connectivity index (χ2v) is 7.45. The van der Waals surface area contributed by atoms with Gasteiger partial charge in [0.05, 0.1) is 10.5 Å². The van der Waals surface area contributed by atoms with Crippen LogP contribution in [0.5, 0.6) is 0 Å². The van der Waals surface area contributed by atoms with Crippen LogP contribution in [-0.4, -0.2) is 7.25 Å². The maximum absolute atomic E-state index is 13.3. The molecule has 1 unspecified atom stereocenters. The molecule has 1 aliphatic carbocycles. The van der Waals surface area contributed by atoms with Gasteiger partial charge in [-0.2, -0.15) is 0 Å². The van der Waals surface area contributed by atoms with E-state index in [0.29, 0.717) is 9.58 Å². The molecule has 0 nitrogen and oxygen atoms in total. The third-order valence-electron chi connectivity index (χ3n) is 3.66. The zero-order valence-corrected chi connectivity index (χ0v) is 13.0. The quantitative estimate of drug-likeness (QED) is 0.294. The molecule has 1 heterocycles. The summed E-state index contributed by atoms with van der Waals surface area (Å²) in [7, 11) is -7.68. The number of hydrogen-bond donors (Lipinski definition) is 0. The van der Waals surface area contributed by atoms with Crippen LogP contribution < -0.4 is 0 Å². The second kappa shape index (κ2) is 6.34. The molecule has 1 aromatic carbocycles. The van der Waals surface area contributed by atoms with Gasteiger partial charge in [-0.05, 0) is 31.9 Å². The number of fused-ring (bicyclic) bond motifs is 1. The van der Waals surface area contributed by atoms with Crippen molar-refractivity contribution in [3.63, 3.8) is 0 Å². The molecule has 0 aliphatic heterocycles. The Labute approximate surface area is 131 Å². The van der Waals surface area contributed by atoms with Crippen molar-refractivity contribution in [2.75, 3.05) is 0 Å². The average Bonchev–Trinajstić information content (AvgIpc) is 2.61. The molecule has 0 spiro atoms. The minimum atomic E-state index is -6.00. The summed E-state index contributed by atoms with van der Waals surface area (Å²) in [6.07, 6.45) is 2.89. The van der Waals surface area contributed by atoms with Gasteiger partial charge < -0.3 is 17.3 Å². The lowest BCUT2D eigenvalue weighted by atomic mass is 9.84. The molecule has 0 N–H and O–H groups in total. The van der Waals surface area contributed by atoms with E-state index in [2.05, 4.69) is 0 Å². The van der Waals surface area contributed by atoms with Crippen LogP contribution in [0.2, 0.25) is 0 Å². The Kier molecular flexibility index (Phi) is 4.99. The SMILES string of the molecule is Cc1ccc2c(c1)cc(C1CCC1)[s+]2C(F)(F)F.F[B-](F)(F)F. The van der Waals surface area contributed by atoms with Gasteiger partial charge in [0.2, 0.25) is 0 Å². The summed E-state index contributed by atoms with van der Waals surface area (Å²) >= 11 is 0. The van der Waals surface area contributed by atoms with Crippen molar-refractivity contribution in [3.8, 4) is 0 Å². The predicted octanol–water partition coefficient (Wildman–Crippen LogP) is 6.94. The van der Waals surface area contributed by atoms with Crippen molar-refractivity contribution < 1.29 is 30.4 Å². The highest BCUT2D eigenvalue weighted by Crippen LogP contribution is 2.56. The summed E-state index contributed by atoms with van der Waals surface area (Å²) in [4.78, 5) is 0.620. The number of thiophene rings is 1. The Morgan fingerprint density at radius 3 is 2.04 bits per heavy atom. The van der Waals surface area contributed by atoms with E-state index in [1.165, 1.54) is 0 Å². The largest absolute Gasteiger partial charge is 0.673 e. The average molecular weight is 358 g/mol. The fourth-order valence-corrected chi connectivity index (χ4v) is 4.68. The first-order valence-corrected chi connectivity index (χ1v) is 8.20. The lowest BCUT2D eigenvalue weighted by Gasteiger charge is -2.21. The van der Waals surface area contributed by atoms with E-state index < -0.39 is 23.2 Å². The summed E-state index contributed by atoms with van der Waals surface area (Å²) in [5.41, 5.74) is -3.12. The van der Waals surface area contributed by atoms with Gasteiger partial charge in [-0.1, -0.05) is 18.1 Å². The summed E-state index contributed by atoms with van der Waals surface area (Å²) in [5.74, 6) is 0.155. The molecule has 1 aromatic heterocycles. The van der Waals surface area contributed by atoms with Gasteiger partial charge in [0.15, 0.2) is 9.58 Å². The maximum Gasteiger partial charge on any atom is 0.673 e. The minimum absolute atomic E-state index is 0.155. The third-order valence-corrected chi connectivity index (χ3v) is 5.85. The predicted molar refractivity (Wildman–Crippen MR) is 79.2 cm³/mol. The van der Waals surface area contributed by atoms with Gasteiger partial charge in [0, 0.05) is 17.4 Å². The van der Waals surface area contributed by atoms with E-state index in [1.54, 1.807) is 18.2 Å². The van der Waals surface area contributed by atoms with Crippen LogP contribution in [0, 0.1) is 6.92 Å². The first-order valence-electron chi connectivity index (χ1n) is 6.97. The van der Waals surface area contributed by atoms with Crippen molar-refractivity contribution in [2.24, 2.45) is 0 Å². The van der Waals surface area contributed by atoms with Crippen LogP contribution in [0.15, 0.2) is 24.3 Å². The normalized spacial score (nSPS) is 16.8. The van der Waals surface area contributed by atoms with Gasteiger partial charge in [-0.25, -0.2) is 0 Å². The number of rotatable bonds is 1. The maximum atomic E-state index is 13.3.